The lowest BCUT2D eigenvalue weighted by atomic mass is 9.95. The Balaban J connectivity index is 2.27. The van der Waals surface area contributed by atoms with Crippen LogP contribution in [0.5, 0.6) is 0 Å². The Kier molecular flexibility index (Phi) is 6.75. The van der Waals surface area contributed by atoms with E-state index in [1.165, 1.54) is 6.42 Å². The molecule has 1 aliphatic rings. The van der Waals surface area contributed by atoms with E-state index in [-0.39, 0.29) is 0 Å². The third-order valence-electron chi connectivity index (χ3n) is 3.96. The second-order valence-corrected chi connectivity index (χ2v) is 5.68. The summed E-state index contributed by atoms with van der Waals surface area (Å²) in [6.45, 7) is 8.41. The minimum atomic E-state index is -0.791. The van der Waals surface area contributed by atoms with Crippen LogP contribution in [0.4, 0.5) is 0 Å². The van der Waals surface area contributed by atoms with Crippen molar-refractivity contribution in [2.45, 2.75) is 38.6 Å². The van der Waals surface area contributed by atoms with Crippen LogP contribution in [0.2, 0.25) is 0 Å². The molecule has 1 saturated heterocycles. The second kappa shape index (κ2) is 7.82. The number of ether oxygens (including phenoxy) is 1. The predicted molar refractivity (Wildman–Crippen MR) is 75.4 cm³/mol. The number of carboxylic acid groups (broad SMARTS) is 1. The molecule has 0 spiro atoms. The van der Waals surface area contributed by atoms with Crippen molar-refractivity contribution in [2.75, 3.05) is 39.9 Å². The zero-order valence-corrected chi connectivity index (χ0v) is 12.4. The van der Waals surface area contributed by atoms with E-state index in [0.29, 0.717) is 18.9 Å². The molecule has 5 nitrogen and oxygen atoms in total. The normalized spacial score (nSPS) is 23.4. The topological polar surface area (TPSA) is 61.8 Å². The van der Waals surface area contributed by atoms with Crippen LogP contribution < -0.4 is 5.32 Å². The number of carboxylic acids is 1. The van der Waals surface area contributed by atoms with Gasteiger partial charge in [-0.2, -0.15) is 0 Å². The van der Waals surface area contributed by atoms with Gasteiger partial charge in [-0.05, 0) is 51.7 Å². The van der Waals surface area contributed by atoms with Crippen LogP contribution in [0.1, 0.15) is 33.1 Å². The first-order valence-electron chi connectivity index (χ1n) is 7.21. The van der Waals surface area contributed by atoms with Crippen molar-refractivity contribution in [3.8, 4) is 0 Å². The lowest BCUT2D eigenvalue weighted by molar-refractivity contribution is -0.144. The lowest BCUT2D eigenvalue weighted by Crippen LogP contribution is -2.49. The van der Waals surface area contributed by atoms with Crippen molar-refractivity contribution in [3.05, 3.63) is 0 Å². The first kappa shape index (κ1) is 16.4. The Morgan fingerprint density at radius 1 is 1.58 bits per heavy atom. The summed E-state index contributed by atoms with van der Waals surface area (Å²) >= 11 is 0. The largest absolute Gasteiger partial charge is 0.480 e. The van der Waals surface area contributed by atoms with E-state index in [0.717, 1.165) is 32.7 Å². The molecule has 5 heteroatoms. The number of nitrogens with one attached hydrogen (secondary N) is 1. The van der Waals surface area contributed by atoms with Gasteiger partial charge >= 0.3 is 5.97 Å². The minimum absolute atomic E-state index is 0.643. The Labute approximate surface area is 116 Å². The minimum Gasteiger partial charge on any atom is -0.480 e. The molecule has 0 aliphatic carbocycles. The first-order chi connectivity index (χ1) is 9.01. The van der Waals surface area contributed by atoms with Crippen molar-refractivity contribution in [3.63, 3.8) is 0 Å². The fourth-order valence-corrected chi connectivity index (χ4v) is 2.81. The van der Waals surface area contributed by atoms with Crippen LogP contribution in [0, 0.1) is 5.92 Å². The van der Waals surface area contributed by atoms with Crippen molar-refractivity contribution in [2.24, 2.45) is 5.92 Å². The van der Waals surface area contributed by atoms with Crippen molar-refractivity contribution in [1.82, 2.24) is 10.2 Å². The molecule has 0 aromatic heterocycles. The maximum Gasteiger partial charge on any atom is 0.323 e. The van der Waals surface area contributed by atoms with Crippen LogP contribution in [0.3, 0.4) is 0 Å². The van der Waals surface area contributed by atoms with Gasteiger partial charge in [0.15, 0.2) is 0 Å². The maximum absolute atomic E-state index is 11.3. The summed E-state index contributed by atoms with van der Waals surface area (Å²) in [6.07, 6.45) is 2.77. The van der Waals surface area contributed by atoms with E-state index in [1.54, 1.807) is 14.0 Å². The summed E-state index contributed by atoms with van der Waals surface area (Å²) in [6, 6.07) is 0. The van der Waals surface area contributed by atoms with E-state index in [1.807, 2.05) is 6.92 Å². The molecule has 2 atom stereocenters. The highest BCUT2D eigenvalue weighted by atomic mass is 16.5. The van der Waals surface area contributed by atoms with E-state index in [4.69, 9.17) is 4.74 Å². The van der Waals surface area contributed by atoms with Gasteiger partial charge in [0.2, 0.25) is 0 Å². The third-order valence-corrected chi connectivity index (χ3v) is 3.96. The standard InChI is InChI=1S/C14H28N2O3/c1-4-15-14(2,13(17)18)7-5-8-16-9-6-12(10-16)11-19-3/h12,15H,4-11H2,1-3H3,(H,17,18). The Bertz CT molecular complexity index is 286. The van der Waals surface area contributed by atoms with E-state index in [2.05, 4.69) is 10.2 Å². The summed E-state index contributed by atoms with van der Waals surface area (Å²) in [5.74, 6) is -0.113. The summed E-state index contributed by atoms with van der Waals surface area (Å²) in [7, 11) is 1.75. The number of nitrogens with zero attached hydrogens (tertiary/aromatic N) is 1. The molecule has 1 heterocycles. The summed E-state index contributed by atoms with van der Waals surface area (Å²) in [4.78, 5) is 13.7. The quantitative estimate of drug-likeness (QED) is 0.660. The Hall–Kier alpha value is -0.650. The molecule has 0 bridgehead atoms. The number of carbonyl (C=O) groups is 1. The number of hydrogen-bond acceptors (Lipinski definition) is 4. The summed E-state index contributed by atoms with van der Waals surface area (Å²) in [5.41, 5.74) is -0.791. The second-order valence-electron chi connectivity index (χ2n) is 5.68. The van der Waals surface area contributed by atoms with Crippen LogP contribution >= 0.6 is 0 Å². The van der Waals surface area contributed by atoms with Crippen LogP contribution in [-0.4, -0.2) is 61.4 Å². The molecule has 2 unspecified atom stereocenters. The molecule has 19 heavy (non-hydrogen) atoms. The zero-order valence-electron chi connectivity index (χ0n) is 12.4. The molecule has 0 saturated carbocycles. The average Bonchev–Trinajstić information content (AvgIpc) is 2.77. The third kappa shape index (κ3) is 5.09. The lowest BCUT2D eigenvalue weighted by Gasteiger charge is -2.26. The average molecular weight is 272 g/mol. The zero-order chi connectivity index (χ0) is 14.3. The maximum atomic E-state index is 11.3. The highest BCUT2D eigenvalue weighted by Gasteiger charge is 2.31. The van der Waals surface area contributed by atoms with Gasteiger partial charge < -0.3 is 20.1 Å². The summed E-state index contributed by atoms with van der Waals surface area (Å²) < 4.78 is 5.18. The molecule has 0 aromatic rings. The Morgan fingerprint density at radius 3 is 2.89 bits per heavy atom. The van der Waals surface area contributed by atoms with Gasteiger partial charge in [0, 0.05) is 13.7 Å². The molecule has 1 fully saturated rings. The molecule has 0 radical (unpaired) electrons. The number of hydrogen-bond donors (Lipinski definition) is 2. The van der Waals surface area contributed by atoms with Gasteiger partial charge in [0.05, 0.1) is 6.61 Å². The number of rotatable bonds is 9. The molecule has 112 valence electrons. The van der Waals surface area contributed by atoms with Gasteiger partial charge in [0.1, 0.15) is 5.54 Å². The highest BCUT2D eigenvalue weighted by molar-refractivity contribution is 5.78. The number of aliphatic carboxylic acids is 1. The van der Waals surface area contributed by atoms with Crippen LogP contribution in [-0.2, 0) is 9.53 Å². The van der Waals surface area contributed by atoms with Crippen LogP contribution in [0.25, 0.3) is 0 Å². The fraction of sp³-hybridized carbons (Fsp3) is 0.929. The van der Waals surface area contributed by atoms with E-state index in [9.17, 15) is 9.90 Å². The van der Waals surface area contributed by atoms with Crippen LogP contribution in [0.15, 0.2) is 0 Å². The van der Waals surface area contributed by atoms with Crippen molar-refractivity contribution >= 4 is 5.97 Å². The molecule has 2 N–H and O–H groups in total. The first-order valence-corrected chi connectivity index (χ1v) is 7.21. The monoisotopic (exact) mass is 272 g/mol. The van der Waals surface area contributed by atoms with Gasteiger partial charge in [-0.3, -0.25) is 4.79 Å². The Morgan fingerprint density at radius 2 is 2.32 bits per heavy atom. The van der Waals surface area contributed by atoms with Gasteiger partial charge in [-0.25, -0.2) is 0 Å². The van der Waals surface area contributed by atoms with E-state index < -0.39 is 11.5 Å². The molecule has 1 rings (SSSR count). The van der Waals surface area contributed by atoms with Crippen molar-refractivity contribution < 1.29 is 14.6 Å². The van der Waals surface area contributed by atoms with Gasteiger partial charge in [0.25, 0.3) is 0 Å². The number of likely N-dealkylation sites (tertiary alicyclic amines) is 1. The molecule has 0 amide bonds. The number of likely N-dealkylation sites (N-methyl/N-ethyl adjacent to an activating group) is 1. The smallest absolute Gasteiger partial charge is 0.323 e. The number of methoxy groups -OCH3 is 1. The van der Waals surface area contributed by atoms with Crippen molar-refractivity contribution in [1.29, 1.82) is 0 Å². The van der Waals surface area contributed by atoms with Gasteiger partial charge in [-0.15, -0.1) is 0 Å². The fourth-order valence-electron chi connectivity index (χ4n) is 2.81. The summed E-state index contributed by atoms with van der Waals surface area (Å²) in [5, 5.41) is 12.3. The molecular weight excluding hydrogens is 244 g/mol. The SMILES string of the molecule is CCNC(C)(CCCN1CCC(COC)C1)C(=O)O. The molecular formula is C14H28N2O3. The predicted octanol–water partition coefficient (Wildman–Crippen LogP) is 1.19. The highest BCUT2D eigenvalue weighted by Crippen LogP contribution is 2.19. The van der Waals surface area contributed by atoms with E-state index >= 15 is 0 Å². The molecule has 1 aliphatic heterocycles. The van der Waals surface area contributed by atoms with Gasteiger partial charge in [-0.1, -0.05) is 6.92 Å². The molecule has 0 aromatic carbocycles.